The highest BCUT2D eigenvalue weighted by atomic mass is 32.2. The summed E-state index contributed by atoms with van der Waals surface area (Å²) in [6, 6.07) is 7.44. The van der Waals surface area contributed by atoms with Crippen LogP contribution in [0.2, 0.25) is 0 Å². The molecular formula is C21H25N4O2S3+. The second-order valence-corrected chi connectivity index (χ2v) is 9.95. The predicted molar refractivity (Wildman–Crippen MR) is 125 cm³/mol. The van der Waals surface area contributed by atoms with Crippen molar-refractivity contribution < 1.29 is 14.4 Å². The maximum Gasteiger partial charge on any atom is 0.234 e. The third-order valence-electron chi connectivity index (χ3n) is 4.92. The maximum atomic E-state index is 12.5. The van der Waals surface area contributed by atoms with E-state index in [1.807, 2.05) is 37.4 Å². The van der Waals surface area contributed by atoms with Gasteiger partial charge in [-0.2, -0.15) is 0 Å². The summed E-state index contributed by atoms with van der Waals surface area (Å²) in [5, 5.41) is 5.79. The second kappa shape index (κ2) is 9.55. The molecule has 0 aliphatic carbocycles. The number of benzene rings is 1. The number of carbonyl (C=O) groups excluding carboxylic acids is 1. The van der Waals surface area contributed by atoms with Crippen molar-refractivity contribution in [2.75, 3.05) is 37.5 Å². The standard InChI is InChI=1S/C21H24N4O2S3/c1-4-27-14-7-5-13(6-8-14)22-17(26)12-29-19-18-15-9-10-25(2)11-16(15)30-20(18)24-21(23-19)28-3/h5-8H,4,9-12H2,1-3H3,(H,22,26)/p+1. The maximum absolute atomic E-state index is 12.5. The smallest absolute Gasteiger partial charge is 0.234 e. The van der Waals surface area contributed by atoms with Gasteiger partial charge < -0.3 is 15.0 Å². The van der Waals surface area contributed by atoms with E-state index in [2.05, 4.69) is 12.4 Å². The van der Waals surface area contributed by atoms with E-state index in [-0.39, 0.29) is 5.91 Å². The highest BCUT2D eigenvalue weighted by Crippen LogP contribution is 2.38. The third kappa shape index (κ3) is 4.74. The van der Waals surface area contributed by atoms with E-state index < -0.39 is 0 Å². The Hall–Kier alpha value is -1.81. The van der Waals surface area contributed by atoms with Gasteiger partial charge in [0.1, 0.15) is 22.2 Å². The Morgan fingerprint density at radius 2 is 2.10 bits per heavy atom. The van der Waals surface area contributed by atoms with Crippen LogP contribution in [0, 0.1) is 0 Å². The van der Waals surface area contributed by atoms with Crippen molar-refractivity contribution in [2.45, 2.75) is 30.1 Å². The lowest BCUT2D eigenvalue weighted by Gasteiger charge is -2.19. The summed E-state index contributed by atoms with van der Waals surface area (Å²) in [5.74, 6) is 1.06. The molecule has 3 aromatic rings. The number of carbonyl (C=O) groups is 1. The first-order chi connectivity index (χ1) is 14.6. The normalized spacial score (nSPS) is 15.8. The zero-order valence-electron chi connectivity index (χ0n) is 17.3. The van der Waals surface area contributed by atoms with Crippen LogP contribution < -0.4 is 15.0 Å². The fraction of sp³-hybridized carbons (Fsp3) is 0.381. The van der Waals surface area contributed by atoms with Crippen LogP contribution in [-0.4, -0.2) is 48.1 Å². The van der Waals surface area contributed by atoms with E-state index in [4.69, 9.17) is 14.7 Å². The van der Waals surface area contributed by atoms with Gasteiger partial charge in [-0.15, -0.1) is 11.3 Å². The summed E-state index contributed by atoms with van der Waals surface area (Å²) in [6.45, 7) is 4.72. The van der Waals surface area contributed by atoms with Crippen molar-refractivity contribution in [2.24, 2.45) is 0 Å². The first kappa shape index (κ1) is 21.4. The molecule has 1 unspecified atom stereocenters. The Morgan fingerprint density at radius 3 is 2.83 bits per heavy atom. The number of likely N-dealkylation sites (N-methyl/N-ethyl adjacent to an activating group) is 1. The Bertz CT molecular complexity index is 1050. The molecule has 1 aromatic carbocycles. The number of rotatable bonds is 7. The van der Waals surface area contributed by atoms with Crippen LogP contribution in [-0.2, 0) is 17.8 Å². The summed E-state index contributed by atoms with van der Waals surface area (Å²) >= 11 is 4.81. The average molecular weight is 462 g/mol. The molecule has 1 aliphatic heterocycles. The topological polar surface area (TPSA) is 68.5 Å². The minimum atomic E-state index is -0.0464. The SMILES string of the molecule is CCOc1ccc(NC(=O)CSc2nc(SC)nc3sc4c(c23)CC[NH+](C)C4)cc1. The molecular weight excluding hydrogens is 436 g/mol. The van der Waals surface area contributed by atoms with Gasteiger partial charge in [0, 0.05) is 17.5 Å². The number of fused-ring (bicyclic) bond motifs is 3. The fourth-order valence-corrected chi connectivity index (χ4v) is 6.22. The molecule has 1 atom stereocenters. The Morgan fingerprint density at radius 1 is 1.30 bits per heavy atom. The van der Waals surface area contributed by atoms with Gasteiger partial charge in [0.2, 0.25) is 5.91 Å². The van der Waals surface area contributed by atoms with Crippen LogP contribution in [0.15, 0.2) is 34.4 Å². The number of quaternary nitrogens is 1. The molecule has 0 saturated heterocycles. The number of aromatic nitrogens is 2. The number of thiophene rings is 1. The van der Waals surface area contributed by atoms with E-state index in [9.17, 15) is 4.79 Å². The molecule has 158 valence electrons. The number of thioether (sulfide) groups is 2. The van der Waals surface area contributed by atoms with Crippen molar-refractivity contribution in [3.63, 3.8) is 0 Å². The predicted octanol–water partition coefficient (Wildman–Crippen LogP) is 3.11. The molecule has 3 heterocycles. The molecule has 9 heteroatoms. The number of anilines is 1. The summed E-state index contributed by atoms with van der Waals surface area (Å²) in [6.07, 6.45) is 3.02. The number of amides is 1. The van der Waals surface area contributed by atoms with Crippen LogP contribution in [0.25, 0.3) is 10.2 Å². The van der Waals surface area contributed by atoms with Crippen molar-refractivity contribution in [1.29, 1.82) is 0 Å². The number of nitrogens with zero attached hydrogens (tertiary/aromatic N) is 2. The number of hydrogen-bond donors (Lipinski definition) is 2. The first-order valence-corrected chi connectivity index (χ1v) is 12.9. The molecule has 0 fully saturated rings. The van der Waals surface area contributed by atoms with Gasteiger partial charge in [0.15, 0.2) is 5.16 Å². The van der Waals surface area contributed by atoms with Crippen molar-refractivity contribution in [1.82, 2.24) is 9.97 Å². The Kier molecular flexibility index (Phi) is 6.82. The Labute approximate surface area is 188 Å². The molecule has 0 bridgehead atoms. The monoisotopic (exact) mass is 461 g/mol. The molecule has 1 aliphatic rings. The number of ether oxygens (including phenoxy) is 1. The van der Waals surface area contributed by atoms with Crippen LogP contribution in [0.4, 0.5) is 5.69 Å². The van der Waals surface area contributed by atoms with Crippen LogP contribution in [0.5, 0.6) is 5.75 Å². The summed E-state index contributed by atoms with van der Waals surface area (Å²) < 4.78 is 5.44. The molecule has 1 amide bonds. The Balaban J connectivity index is 1.50. The van der Waals surface area contributed by atoms with Gasteiger partial charge >= 0.3 is 0 Å². The van der Waals surface area contributed by atoms with Gasteiger partial charge in [0.25, 0.3) is 0 Å². The number of nitrogens with one attached hydrogen (secondary N) is 2. The lowest BCUT2D eigenvalue weighted by molar-refractivity contribution is -0.895. The molecule has 6 nitrogen and oxygen atoms in total. The number of hydrogen-bond acceptors (Lipinski definition) is 7. The van der Waals surface area contributed by atoms with Crippen molar-refractivity contribution in [3.8, 4) is 5.75 Å². The van der Waals surface area contributed by atoms with E-state index in [0.29, 0.717) is 12.4 Å². The highest BCUT2D eigenvalue weighted by Gasteiger charge is 2.25. The zero-order chi connectivity index (χ0) is 21.1. The zero-order valence-corrected chi connectivity index (χ0v) is 19.7. The molecule has 30 heavy (non-hydrogen) atoms. The van der Waals surface area contributed by atoms with Gasteiger partial charge in [-0.05, 0) is 43.0 Å². The molecule has 2 N–H and O–H groups in total. The minimum Gasteiger partial charge on any atom is -0.494 e. The average Bonchev–Trinajstić information content (AvgIpc) is 3.10. The first-order valence-electron chi connectivity index (χ1n) is 9.90. The minimum absolute atomic E-state index is 0.0464. The van der Waals surface area contributed by atoms with Gasteiger partial charge in [-0.25, -0.2) is 9.97 Å². The van der Waals surface area contributed by atoms with Gasteiger partial charge in [0.05, 0.1) is 30.8 Å². The quantitative estimate of drug-likeness (QED) is 0.320. The van der Waals surface area contributed by atoms with Crippen molar-refractivity contribution in [3.05, 3.63) is 34.7 Å². The summed E-state index contributed by atoms with van der Waals surface area (Å²) in [4.78, 5) is 26.0. The van der Waals surface area contributed by atoms with E-state index >= 15 is 0 Å². The van der Waals surface area contributed by atoms with E-state index in [1.54, 1.807) is 11.3 Å². The van der Waals surface area contributed by atoms with E-state index in [0.717, 1.165) is 51.3 Å². The fourth-order valence-electron chi connectivity index (χ4n) is 3.49. The largest absolute Gasteiger partial charge is 0.494 e. The molecule has 0 radical (unpaired) electrons. The molecule has 0 spiro atoms. The highest BCUT2D eigenvalue weighted by molar-refractivity contribution is 8.00. The third-order valence-corrected chi connectivity index (χ3v) is 7.57. The molecule has 0 saturated carbocycles. The lowest BCUT2D eigenvalue weighted by atomic mass is 10.1. The van der Waals surface area contributed by atoms with Gasteiger partial charge in [-0.3, -0.25) is 4.79 Å². The lowest BCUT2D eigenvalue weighted by Crippen LogP contribution is -3.08. The van der Waals surface area contributed by atoms with Crippen molar-refractivity contribution >= 4 is 56.7 Å². The second-order valence-electron chi connectivity index (χ2n) is 7.13. The van der Waals surface area contributed by atoms with Gasteiger partial charge in [-0.1, -0.05) is 23.5 Å². The summed E-state index contributed by atoms with van der Waals surface area (Å²) in [7, 11) is 2.23. The summed E-state index contributed by atoms with van der Waals surface area (Å²) in [5.41, 5.74) is 2.14. The van der Waals surface area contributed by atoms with E-state index in [1.165, 1.54) is 38.9 Å². The molecule has 2 aromatic heterocycles. The van der Waals surface area contributed by atoms with Crippen LogP contribution in [0.3, 0.4) is 0 Å². The molecule has 4 rings (SSSR count). The van der Waals surface area contributed by atoms with Crippen LogP contribution in [0.1, 0.15) is 17.4 Å². The van der Waals surface area contributed by atoms with Crippen LogP contribution >= 0.6 is 34.9 Å².